The molecule has 0 atom stereocenters. The molecule has 0 aliphatic carbocycles. The fourth-order valence-corrected chi connectivity index (χ4v) is 0.438. The molecule has 0 fully saturated rings. The van der Waals surface area contributed by atoms with Crippen LogP contribution in [0.4, 0.5) is 22.0 Å². The van der Waals surface area contributed by atoms with Crippen LogP contribution in [0.2, 0.25) is 0 Å². The van der Waals surface area contributed by atoms with E-state index in [1.54, 1.807) is 0 Å². The highest BCUT2D eigenvalue weighted by molar-refractivity contribution is 5.88. The van der Waals surface area contributed by atoms with Crippen molar-refractivity contribution in [2.45, 2.75) is 25.4 Å². The molecule has 0 unspecified atom stereocenters. The summed E-state index contributed by atoms with van der Waals surface area (Å²) in [5.41, 5.74) is 0. The van der Waals surface area contributed by atoms with Gasteiger partial charge in [-0.25, -0.2) is 0 Å². The van der Waals surface area contributed by atoms with Crippen LogP contribution in [0.1, 0.15) is 13.3 Å². The molecule has 0 spiro atoms. The molecule has 74 valence electrons. The van der Waals surface area contributed by atoms with Crippen molar-refractivity contribution in [1.29, 1.82) is 0 Å². The maximum Gasteiger partial charge on any atom is 0.461 e. The summed E-state index contributed by atoms with van der Waals surface area (Å²) in [7, 11) is 0. The minimum absolute atomic E-state index is 1.09. The quantitative estimate of drug-likeness (QED) is 0.493. The van der Waals surface area contributed by atoms with E-state index in [0.29, 0.717) is 0 Å². The van der Waals surface area contributed by atoms with E-state index in [4.69, 9.17) is 0 Å². The van der Waals surface area contributed by atoms with Gasteiger partial charge in [0, 0.05) is 0 Å². The lowest BCUT2D eigenvalue weighted by Crippen LogP contribution is -2.43. The van der Waals surface area contributed by atoms with E-state index in [1.807, 2.05) is 5.92 Å². The number of rotatable bonds is 2. The standard InChI is InChI=1S/C7H5F5O/c1-2-3-4-5(13)6(8,9)7(10,11)12/h4H2,1H3. The van der Waals surface area contributed by atoms with Crippen LogP contribution in [0, 0.1) is 11.8 Å². The highest BCUT2D eigenvalue weighted by Gasteiger charge is 2.62. The van der Waals surface area contributed by atoms with E-state index in [1.165, 1.54) is 6.92 Å². The SMILES string of the molecule is CC#CCC(=O)C(F)(F)C(F)(F)F. The third-order valence-electron chi connectivity index (χ3n) is 1.13. The number of hydrogen-bond donors (Lipinski definition) is 0. The molecule has 0 aliphatic rings. The first-order chi connectivity index (χ1) is 5.73. The van der Waals surface area contributed by atoms with Gasteiger partial charge in [0.25, 0.3) is 0 Å². The van der Waals surface area contributed by atoms with Gasteiger partial charge in [-0.05, 0) is 6.92 Å². The zero-order valence-electron chi connectivity index (χ0n) is 6.51. The Balaban J connectivity index is 4.61. The molecule has 0 rings (SSSR count). The first kappa shape index (κ1) is 11.9. The molecule has 13 heavy (non-hydrogen) atoms. The lowest BCUT2D eigenvalue weighted by molar-refractivity contribution is -0.268. The van der Waals surface area contributed by atoms with Crippen molar-refractivity contribution >= 4 is 5.78 Å². The van der Waals surface area contributed by atoms with Gasteiger partial charge in [0.1, 0.15) is 0 Å². The van der Waals surface area contributed by atoms with Gasteiger partial charge in [0.05, 0.1) is 6.42 Å². The highest BCUT2D eigenvalue weighted by Crippen LogP contribution is 2.36. The number of carbonyl (C=O) groups is 1. The lowest BCUT2D eigenvalue weighted by atomic mass is 10.1. The predicted molar refractivity (Wildman–Crippen MR) is 34.1 cm³/mol. The fourth-order valence-electron chi connectivity index (χ4n) is 0.438. The molecule has 0 amide bonds. The first-order valence-corrected chi connectivity index (χ1v) is 3.11. The molecular weight excluding hydrogens is 195 g/mol. The zero-order valence-corrected chi connectivity index (χ0v) is 6.51. The second-order valence-electron chi connectivity index (χ2n) is 2.10. The van der Waals surface area contributed by atoms with Crippen molar-refractivity contribution in [3.8, 4) is 11.8 Å². The molecule has 0 saturated heterocycles. The van der Waals surface area contributed by atoms with Gasteiger partial charge in [0.2, 0.25) is 5.78 Å². The number of carbonyl (C=O) groups excluding carboxylic acids is 1. The van der Waals surface area contributed by atoms with Gasteiger partial charge >= 0.3 is 12.1 Å². The largest absolute Gasteiger partial charge is 0.461 e. The molecule has 6 heteroatoms. The van der Waals surface area contributed by atoms with Gasteiger partial charge in [-0.3, -0.25) is 4.79 Å². The molecule has 0 N–H and O–H groups in total. The average Bonchev–Trinajstić information content (AvgIpc) is 1.97. The molecule has 0 bridgehead atoms. The molecule has 0 aromatic rings. The maximum atomic E-state index is 12.1. The van der Waals surface area contributed by atoms with E-state index in [9.17, 15) is 26.7 Å². The molecule has 0 aliphatic heterocycles. The Morgan fingerprint density at radius 2 is 1.69 bits per heavy atom. The number of hydrogen-bond acceptors (Lipinski definition) is 1. The molecule has 0 aromatic heterocycles. The molecule has 0 heterocycles. The van der Waals surface area contributed by atoms with Crippen LogP contribution >= 0.6 is 0 Å². The number of halogens is 5. The van der Waals surface area contributed by atoms with Crippen LogP contribution in [0.25, 0.3) is 0 Å². The van der Waals surface area contributed by atoms with E-state index >= 15 is 0 Å². The number of Topliss-reactive ketones (excluding diaryl/α,β-unsaturated/α-hetero) is 1. The summed E-state index contributed by atoms with van der Waals surface area (Å²) in [6.07, 6.45) is -6.93. The van der Waals surface area contributed by atoms with Crippen LogP contribution in [0.3, 0.4) is 0 Å². The van der Waals surface area contributed by atoms with E-state index in [-0.39, 0.29) is 0 Å². The molecule has 0 radical (unpaired) electrons. The Labute approximate surface area is 70.9 Å². The Morgan fingerprint density at radius 3 is 2.00 bits per heavy atom. The Morgan fingerprint density at radius 1 is 1.23 bits per heavy atom. The first-order valence-electron chi connectivity index (χ1n) is 3.11. The van der Waals surface area contributed by atoms with Crippen LogP contribution in [0.15, 0.2) is 0 Å². The molecule has 0 aromatic carbocycles. The summed E-state index contributed by atoms with van der Waals surface area (Å²) in [4.78, 5) is 10.3. The van der Waals surface area contributed by atoms with Gasteiger partial charge in [-0.1, -0.05) is 5.92 Å². The average molecular weight is 200 g/mol. The Bertz CT molecular complexity index is 254. The van der Waals surface area contributed by atoms with E-state index < -0.39 is 24.3 Å². The van der Waals surface area contributed by atoms with Crippen LogP contribution in [0.5, 0.6) is 0 Å². The second-order valence-corrected chi connectivity index (χ2v) is 2.10. The molecule has 1 nitrogen and oxygen atoms in total. The second kappa shape index (κ2) is 3.73. The van der Waals surface area contributed by atoms with Crippen LogP contribution < -0.4 is 0 Å². The third-order valence-corrected chi connectivity index (χ3v) is 1.13. The Kier molecular flexibility index (Phi) is 3.41. The summed E-state index contributed by atoms with van der Waals surface area (Å²) in [5.74, 6) is -3.62. The topological polar surface area (TPSA) is 17.1 Å². The van der Waals surface area contributed by atoms with Crippen molar-refractivity contribution < 1.29 is 26.7 Å². The van der Waals surface area contributed by atoms with Crippen molar-refractivity contribution in [1.82, 2.24) is 0 Å². The normalized spacial score (nSPS) is 11.8. The van der Waals surface area contributed by atoms with Crippen molar-refractivity contribution in [2.75, 3.05) is 0 Å². The fraction of sp³-hybridized carbons (Fsp3) is 0.571. The predicted octanol–water partition coefficient (Wildman–Crippen LogP) is 2.17. The summed E-state index contributed by atoms with van der Waals surface area (Å²) < 4.78 is 58.7. The highest BCUT2D eigenvalue weighted by atomic mass is 19.4. The molecule has 0 saturated carbocycles. The number of ketones is 1. The summed E-state index contributed by atoms with van der Waals surface area (Å²) in [6.45, 7) is 1.24. The number of alkyl halides is 5. The van der Waals surface area contributed by atoms with Gasteiger partial charge in [-0.15, -0.1) is 5.92 Å². The lowest BCUT2D eigenvalue weighted by Gasteiger charge is -2.16. The van der Waals surface area contributed by atoms with E-state index in [0.717, 1.165) is 0 Å². The Hall–Kier alpha value is -1.12. The van der Waals surface area contributed by atoms with Crippen LogP contribution in [-0.2, 0) is 4.79 Å². The monoisotopic (exact) mass is 200 g/mol. The minimum atomic E-state index is -5.83. The van der Waals surface area contributed by atoms with Crippen molar-refractivity contribution in [3.05, 3.63) is 0 Å². The van der Waals surface area contributed by atoms with Gasteiger partial charge in [0.15, 0.2) is 0 Å². The van der Waals surface area contributed by atoms with E-state index in [2.05, 4.69) is 5.92 Å². The van der Waals surface area contributed by atoms with Crippen molar-refractivity contribution in [3.63, 3.8) is 0 Å². The van der Waals surface area contributed by atoms with Gasteiger partial charge < -0.3 is 0 Å². The van der Waals surface area contributed by atoms with Crippen molar-refractivity contribution in [2.24, 2.45) is 0 Å². The van der Waals surface area contributed by atoms with Gasteiger partial charge in [-0.2, -0.15) is 22.0 Å². The summed E-state index contributed by atoms with van der Waals surface area (Å²) in [5, 5.41) is 0. The summed E-state index contributed by atoms with van der Waals surface area (Å²) in [6, 6.07) is 0. The smallest absolute Gasteiger partial charge is 0.291 e. The minimum Gasteiger partial charge on any atom is -0.291 e. The maximum absolute atomic E-state index is 12.1. The van der Waals surface area contributed by atoms with Crippen LogP contribution in [-0.4, -0.2) is 17.9 Å². The third kappa shape index (κ3) is 2.68. The zero-order chi connectivity index (χ0) is 10.7. The molecular formula is C7H5F5O. The summed E-state index contributed by atoms with van der Waals surface area (Å²) >= 11 is 0.